The molecular formula is C21H26N4O3. The van der Waals surface area contributed by atoms with Crippen LogP contribution in [-0.2, 0) is 0 Å². The number of nitro groups is 1. The van der Waals surface area contributed by atoms with Crippen molar-refractivity contribution in [2.24, 2.45) is 0 Å². The maximum atomic E-state index is 12.9. The molecule has 148 valence electrons. The topological polar surface area (TPSA) is 69.9 Å². The van der Waals surface area contributed by atoms with Gasteiger partial charge in [-0.3, -0.25) is 19.8 Å². The summed E-state index contributed by atoms with van der Waals surface area (Å²) >= 11 is 0. The lowest BCUT2D eigenvalue weighted by atomic mass is 10.1. The number of anilines is 2. The van der Waals surface area contributed by atoms with Crippen LogP contribution < -0.4 is 9.80 Å². The van der Waals surface area contributed by atoms with Gasteiger partial charge in [0.25, 0.3) is 11.6 Å². The molecule has 0 aliphatic carbocycles. The van der Waals surface area contributed by atoms with Crippen molar-refractivity contribution in [3.05, 3.63) is 64.2 Å². The first-order valence-electron chi connectivity index (χ1n) is 9.60. The number of hydrogen-bond acceptors (Lipinski definition) is 5. The Hall–Kier alpha value is -2.93. The highest BCUT2D eigenvalue weighted by Crippen LogP contribution is 2.30. The molecule has 2 aromatic rings. The minimum absolute atomic E-state index is 0.0236. The van der Waals surface area contributed by atoms with Crippen molar-refractivity contribution in [1.82, 2.24) is 4.90 Å². The van der Waals surface area contributed by atoms with E-state index in [0.717, 1.165) is 50.5 Å². The Morgan fingerprint density at radius 1 is 1.07 bits per heavy atom. The largest absolute Gasteiger partial charge is 0.367 e. The van der Waals surface area contributed by atoms with Crippen molar-refractivity contribution < 1.29 is 9.72 Å². The summed E-state index contributed by atoms with van der Waals surface area (Å²) < 4.78 is 0. The van der Waals surface area contributed by atoms with Gasteiger partial charge in [-0.25, -0.2) is 0 Å². The van der Waals surface area contributed by atoms with Crippen LogP contribution in [0.4, 0.5) is 17.1 Å². The van der Waals surface area contributed by atoms with Gasteiger partial charge in [-0.15, -0.1) is 0 Å². The third kappa shape index (κ3) is 4.31. The van der Waals surface area contributed by atoms with Crippen molar-refractivity contribution in [3.63, 3.8) is 0 Å². The molecule has 7 heteroatoms. The zero-order valence-electron chi connectivity index (χ0n) is 16.4. The number of carbonyl (C=O) groups is 1. The predicted octanol–water partition coefficient (Wildman–Crippen LogP) is 3.40. The van der Waals surface area contributed by atoms with Crippen LogP contribution in [0.25, 0.3) is 0 Å². The van der Waals surface area contributed by atoms with E-state index in [1.165, 1.54) is 24.3 Å². The van der Waals surface area contributed by atoms with E-state index in [4.69, 9.17) is 0 Å². The second-order valence-electron chi connectivity index (χ2n) is 6.99. The van der Waals surface area contributed by atoms with Crippen LogP contribution in [-0.4, -0.2) is 55.5 Å². The fourth-order valence-corrected chi connectivity index (χ4v) is 3.57. The summed E-state index contributed by atoms with van der Waals surface area (Å²) in [7, 11) is 1.75. The third-order valence-electron chi connectivity index (χ3n) is 5.13. The maximum absolute atomic E-state index is 12.9. The third-order valence-corrected chi connectivity index (χ3v) is 5.13. The smallest absolute Gasteiger partial charge is 0.269 e. The summed E-state index contributed by atoms with van der Waals surface area (Å²) in [6, 6.07) is 13.6. The van der Waals surface area contributed by atoms with Crippen molar-refractivity contribution in [1.29, 1.82) is 0 Å². The Morgan fingerprint density at radius 3 is 2.32 bits per heavy atom. The lowest BCUT2D eigenvalue weighted by Gasteiger charge is -2.37. The quantitative estimate of drug-likeness (QED) is 0.566. The fraction of sp³-hybridized carbons (Fsp3) is 0.381. The van der Waals surface area contributed by atoms with Crippen LogP contribution in [0.15, 0.2) is 48.5 Å². The SMILES string of the molecule is CCCN1CCN(c2ccccc2N(C)C(=O)c2ccc([N+](=O)[O-])cc2)CC1. The summed E-state index contributed by atoms with van der Waals surface area (Å²) in [6.45, 7) is 7.20. The van der Waals surface area contributed by atoms with Gasteiger partial charge in [-0.05, 0) is 37.2 Å². The van der Waals surface area contributed by atoms with Crippen LogP contribution in [0.3, 0.4) is 0 Å². The first kappa shape index (κ1) is 19.8. The number of nitrogens with zero attached hydrogens (tertiary/aromatic N) is 4. The molecule has 0 saturated carbocycles. The number of nitro benzene ring substituents is 1. The summed E-state index contributed by atoms with van der Waals surface area (Å²) in [5.74, 6) is -0.188. The van der Waals surface area contributed by atoms with Crippen molar-refractivity contribution in [2.75, 3.05) is 49.6 Å². The summed E-state index contributed by atoms with van der Waals surface area (Å²) in [5.41, 5.74) is 2.28. The van der Waals surface area contributed by atoms with Gasteiger partial charge in [0.2, 0.25) is 0 Å². The summed E-state index contributed by atoms with van der Waals surface area (Å²) in [4.78, 5) is 29.7. The van der Waals surface area contributed by atoms with E-state index in [-0.39, 0.29) is 11.6 Å². The highest BCUT2D eigenvalue weighted by atomic mass is 16.6. The predicted molar refractivity (Wildman–Crippen MR) is 111 cm³/mol. The molecule has 1 amide bonds. The van der Waals surface area contributed by atoms with Crippen LogP contribution in [0.2, 0.25) is 0 Å². The zero-order valence-corrected chi connectivity index (χ0v) is 16.4. The van der Waals surface area contributed by atoms with Gasteiger partial charge in [-0.2, -0.15) is 0 Å². The van der Waals surface area contributed by atoms with Gasteiger partial charge in [0, 0.05) is 50.9 Å². The highest BCUT2D eigenvalue weighted by Gasteiger charge is 2.22. The van der Waals surface area contributed by atoms with Gasteiger partial charge < -0.3 is 9.80 Å². The van der Waals surface area contributed by atoms with Gasteiger partial charge in [0.05, 0.1) is 16.3 Å². The number of amides is 1. The number of rotatable bonds is 6. The molecule has 1 aliphatic heterocycles. The van der Waals surface area contributed by atoms with Crippen LogP contribution >= 0.6 is 0 Å². The Kier molecular flexibility index (Phi) is 6.26. The number of benzene rings is 2. The van der Waals surface area contributed by atoms with E-state index in [1.807, 2.05) is 24.3 Å². The van der Waals surface area contributed by atoms with E-state index in [0.29, 0.717) is 5.56 Å². The lowest BCUT2D eigenvalue weighted by Crippen LogP contribution is -2.47. The minimum Gasteiger partial charge on any atom is -0.367 e. The molecule has 0 aromatic heterocycles. The van der Waals surface area contributed by atoms with E-state index < -0.39 is 4.92 Å². The number of hydrogen-bond donors (Lipinski definition) is 0. The normalized spacial score (nSPS) is 14.7. The molecule has 0 spiro atoms. The Balaban J connectivity index is 1.78. The molecule has 1 heterocycles. The highest BCUT2D eigenvalue weighted by molar-refractivity contribution is 6.07. The summed E-state index contributed by atoms with van der Waals surface area (Å²) in [6.07, 6.45) is 1.16. The molecule has 3 rings (SSSR count). The van der Waals surface area contributed by atoms with Crippen LogP contribution in [0.5, 0.6) is 0 Å². The second-order valence-corrected chi connectivity index (χ2v) is 6.99. The van der Waals surface area contributed by atoms with E-state index in [1.54, 1.807) is 11.9 Å². The van der Waals surface area contributed by atoms with Crippen molar-refractivity contribution >= 4 is 23.0 Å². The molecule has 0 radical (unpaired) electrons. The molecule has 2 aromatic carbocycles. The van der Waals surface area contributed by atoms with Crippen LogP contribution in [0, 0.1) is 10.1 Å². The number of piperazine rings is 1. The average molecular weight is 382 g/mol. The average Bonchev–Trinajstić information content (AvgIpc) is 2.73. The maximum Gasteiger partial charge on any atom is 0.269 e. The summed E-state index contributed by atoms with van der Waals surface area (Å²) in [5, 5.41) is 10.8. The molecule has 0 N–H and O–H groups in total. The zero-order chi connectivity index (χ0) is 20.1. The monoisotopic (exact) mass is 382 g/mol. The number of non-ortho nitro benzene ring substituents is 1. The minimum atomic E-state index is -0.467. The standard InChI is InChI=1S/C21H26N4O3/c1-3-12-23-13-15-24(16-14-23)20-7-5-4-6-19(20)22(2)21(26)17-8-10-18(11-9-17)25(27)28/h4-11H,3,12-16H2,1-2H3. The Morgan fingerprint density at radius 2 is 1.71 bits per heavy atom. The van der Waals surface area contributed by atoms with Gasteiger partial charge >= 0.3 is 0 Å². The molecule has 1 saturated heterocycles. The molecule has 0 bridgehead atoms. The van der Waals surface area contributed by atoms with Gasteiger partial charge in [0.1, 0.15) is 0 Å². The van der Waals surface area contributed by atoms with Gasteiger partial charge in [0.15, 0.2) is 0 Å². The first-order chi connectivity index (χ1) is 13.5. The molecule has 7 nitrogen and oxygen atoms in total. The molecule has 1 fully saturated rings. The van der Waals surface area contributed by atoms with Crippen molar-refractivity contribution in [2.45, 2.75) is 13.3 Å². The van der Waals surface area contributed by atoms with E-state index in [9.17, 15) is 14.9 Å². The van der Waals surface area contributed by atoms with E-state index in [2.05, 4.69) is 16.7 Å². The van der Waals surface area contributed by atoms with Crippen molar-refractivity contribution in [3.8, 4) is 0 Å². The Labute approximate surface area is 165 Å². The first-order valence-corrected chi connectivity index (χ1v) is 9.60. The molecule has 0 atom stereocenters. The number of carbonyl (C=O) groups excluding carboxylic acids is 1. The van der Waals surface area contributed by atoms with Gasteiger partial charge in [-0.1, -0.05) is 19.1 Å². The molecule has 0 unspecified atom stereocenters. The lowest BCUT2D eigenvalue weighted by molar-refractivity contribution is -0.384. The van der Waals surface area contributed by atoms with Crippen LogP contribution in [0.1, 0.15) is 23.7 Å². The Bertz CT molecular complexity index is 830. The number of para-hydroxylation sites is 2. The fourth-order valence-electron chi connectivity index (χ4n) is 3.57. The molecule has 28 heavy (non-hydrogen) atoms. The second kappa shape index (κ2) is 8.84. The molecule has 1 aliphatic rings. The molecular weight excluding hydrogens is 356 g/mol. The van der Waals surface area contributed by atoms with E-state index >= 15 is 0 Å².